The Morgan fingerprint density at radius 3 is 3.00 bits per heavy atom. The zero-order valence-corrected chi connectivity index (χ0v) is 11.9. The van der Waals surface area contributed by atoms with Gasteiger partial charge in [0.15, 0.2) is 0 Å². The van der Waals surface area contributed by atoms with E-state index in [4.69, 9.17) is 11.0 Å². The van der Waals surface area contributed by atoms with Gasteiger partial charge < -0.3 is 10.3 Å². The van der Waals surface area contributed by atoms with Gasteiger partial charge in [-0.1, -0.05) is 13.0 Å². The Balaban J connectivity index is 2.13. The second-order valence-corrected chi connectivity index (χ2v) is 5.56. The van der Waals surface area contributed by atoms with Crippen LogP contribution in [0.3, 0.4) is 0 Å². The van der Waals surface area contributed by atoms with Crippen molar-refractivity contribution in [1.29, 1.82) is 5.26 Å². The van der Waals surface area contributed by atoms with E-state index in [0.29, 0.717) is 23.6 Å². The first-order chi connectivity index (χ1) is 9.74. The summed E-state index contributed by atoms with van der Waals surface area (Å²) in [5.41, 5.74) is 9.53. The summed E-state index contributed by atoms with van der Waals surface area (Å²) in [6.07, 6.45) is 1.01. The summed E-state index contributed by atoms with van der Waals surface area (Å²) in [5, 5.41) is 11.2. The monoisotopic (exact) mass is 282 g/mol. The lowest BCUT2D eigenvalue weighted by Gasteiger charge is -2.06. The van der Waals surface area contributed by atoms with Crippen LogP contribution in [-0.2, 0) is 13.0 Å². The van der Waals surface area contributed by atoms with Crippen molar-refractivity contribution in [2.45, 2.75) is 19.9 Å². The van der Waals surface area contributed by atoms with Crippen molar-refractivity contribution >= 4 is 28.3 Å². The van der Waals surface area contributed by atoms with Crippen LogP contribution in [0.1, 0.15) is 22.9 Å². The maximum Gasteiger partial charge on any atom is 0.201 e. The van der Waals surface area contributed by atoms with Crippen molar-refractivity contribution in [1.82, 2.24) is 9.55 Å². The maximum absolute atomic E-state index is 9.14. The molecule has 0 saturated carbocycles. The van der Waals surface area contributed by atoms with E-state index in [2.05, 4.69) is 29.4 Å². The molecule has 100 valence electrons. The van der Waals surface area contributed by atoms with Gasteiger partial charge in [-0.3, -0.25) is 0 Å². The van der Waals surface area contributed by atoms with Crippen LogP contribution in [0, 0.1) is 11.3 Å². The Bertz CT molecular complexity index is 807. The SMILES string of the molecule is CCc1ccsc1Cn1c(N)nc2c(C#N)cccc21. The van der Waals surface area contributed by atoms with E-state index in [1.165, 1.54) is 10.4 Å². The summed E-state index contributed by atoms with van der Waals surface area (Å²) < 4.78 is 1.97. The number of para-hydroxylation sites is 1. The smallest absolute Gasteiger partial charge is 0.201 e. The van der Waals surface area contributed by atoms with Crippen LogP contribution in [0.2, 0.25) is 0 Å². The van der Waals surface area contributed by atoms with Crippen LogP contribution >= 0.6 is 11.3 Å². The summed E-state index contributed by atoms with van der Waals surface area (Å²) in [6.45, 7) is 2.85. The first kappa shape index (κ1) is 12.7. The van der Waals surface area contributed by atoms with Gasteiger partial charge in [0.25, 0.3) is 0 Å². The number of hydrogen-bond donors (Lipinski definition) is 1. The minimum Gasteiger partial charge on any atom is -0.369 e. The van der Waals surface area contributed by atoms with Gasteiger partial charge in [-0.15, -0.1) is 11.3 Å². The third-order valence-corrected chi connectivity index (χ3v) is 4.40. The molecule has 1 aromatic carbocycles. The number of thiophene rings is 1. The molecule has 2 aromatic heterocycles. The number of imidazole rings is 1. The standard InChI is InChI=1S/C15H14N4S/c1-2-10-6-7-20-13(10)9-19-12-5-3-4-11(8-16)14(12)18-15(19)17/h3-7H,2,9H2,1H3,(H2,17,18). The van der Waals surface area contributed by atoms with Gasteiger partial charge in [0, 0.05) is 4.88 Å². The molecule has 2 N–H and O–H groups in total. The Hall–Kier alpha value is -2.32. The molecule has 5 heteroatoms. The first-order valence-electron chi connectivity index (χ1n) is 6.44. The average Bonchev–Trinajstić information content (AvgIpc) is 3.04. The lowest BCUT2D eigenvalue weighted by atomic mass is 10.2. The van der Waals surface area contributed by atoms with E-state index in [1.54, 1.807) is 17.4 Å². The molecule has 20 heavy (non-hydrogen) atoms. The van der Waals surface area contributed by atoms with Crippen molar-refractivity contribution in [3.8, 4) is 6.07 Å². The summed E-state index contributed by atoms with van der Waals surface area (Å²) >= 11 is 1.73. The number of benzene rings is 1. The Kier molecular flexibility index (Phi) is 3.17. The van der Waals surface area contributed by atoms with Gasteiger partial charge in [0.05, 0.1) is 17.6 Å². The molecule has 0 fully saturated rings. The van der Waals surface area contributed by atoms with Crippen molar-refractivity contribution in [2.75, 3.05) is 5.73 Å². The number of aromatic nitrogens is 2. The number of nitriles is 1. The number of fused-ring (bicyclic) bond motifs is 1. The van der Waals surface area contributed by atoms with Crippen molar-refractivity contribution in [3.63, 3.8) is 0 Å². The van der Waals surface area contributed by atoms with Gasteiger partial charge in [0.2, 0.25) is 5.95 Å². The topological polar surface area (TPSA) is 67.6 Å². The summed E-state index contributed by atoms with van der Waals surface area (Å²) in [5.74, 6) is 0.457. The second-order valence-electron chi connectivity index (χ2n) is 4.56. The number of nitrogens with two attached hydrogens (primary N) is 1. The maximum atomic E-state index is 9.14. The first-order valence-corrected chi connectivity index (χ1v) is 7.32. The van der Waals surface area contributed by atoms with Crippen LogP contribution in [-0.4, -0.2) is 9.55 Å². The molecule has 0 spiro atoms. The Morgan fingerprint density at radius 1 is 1.40 bits per heavy atom. The highest BCUT2D eigenvalue weighted by atomic mass is 32.1. The van der Waals surface area contributed by atoms with E-state index < -0.39 is 0 Å². The molecule has 0 amide bonds. The summed E-state index contributed by atoms with van der Waals surface area (Å²) in [7, 11) is 0. The van der Waals surface area contributed by atoms with E-state index in [1.807, 2.05) is 16.7 Å². The van der Waals surface area contributed by atoms with Gasteiger partial charge in [-0.05, 0) is 35.6 Å². The quantitative estimate of drug-likeness (QED) is 0.802. The number of anilines is 1. The van der Waals surface area contributed by atoms with Crippen LogP contribution in [0.4, 0.5) is 5.95 Å². The van der Waals surface area contributed by atoms with Crippen LogP contribution in [0.15, 0.2) is 29.6 Å². The Labute approximate surface area is 121 Å². The van der Waals surface area contributed by atoms with Crippen LogP contribution < -0.4 is 5.73 Å². The largest absolute Gasteiger partial charge is 0.369 e. The molecule has 0 atom stereocenters. The average molecular weight is 282 g/mol. The molecule has 0 aliphatic heterocycles. The van der Waals surface area contributed by atoms with E-state index in [-0.39, 0.29) is 0 Å². The molecule has 0 bridgehead atoms. The predicted octanol–water partition coefficient (Wildman–Crippen LogP) is 3.16. The highest BCUT2D eigenvalue weighted by molar-refractivity contribution is 7.10. The zero-order chi connectivity index (χ0) is 14.1. The highest BCUT2D eigenvalue weighted by Gasteiger charge is 2.13. The highest BCUT2D eigenvalue weighted by Crippen LogP contribution is 2.25. The molecular weight excluding hydrogens is 268 g/mol. The third kappa shape index (κ3) is 1.95. The van der Waals surface area contributed by atoms with E-state index >= 15 is 0 Å². The zero-order valence-electron chi connectivity index (χ0n) is 11.1. The molecular formula is C15H14N4S. The van der Waals surface area contributed by atoms with Crippen LogP contribution in [0.5, 0.6) is 0 Å². The summed E-state index contributed by atoms with van der Waals surface area (Å²) in [6, 6.07) is 9.90. The third-order valence-electron chi connectivity index (χ3n) is 3.45. The molecule has 4 nitrogen and oxygen atoms in total. The van der Waals surface area contributed by atoms with Gasteiger partial charge in [-0.25, -0.2) is 4.98 Å². The summed E-state index contributed by atoms with van der Waals surface area (Å²) in [4.78, 5) is 5.64. The molecule has 2 heterocycles. The number of hydrogen-bond acceptors (Lipinski definition) is 4. The number of aryl methyl sites for hydroxylation is 1. The molecule has 0 saturated heterocycles. The fourth-order valence-electron chi connectivity index (χ4n) is 2.39. The Morgan fingerprint density at radius 2 is 2.25 bits per heavy atom. The van der Waals surface area contributed by atoms with Gasteiger partial charge >= 0.3 is 0 Å². The van der Waals surface area contributed by atoms with Crippen LogP contribution in [0.25, 0.3) is 11.0 Å². The lowest BCUT2D eigenvalue weighted by Crippen LogP contribution is -2.04. The molecule has 3 aromatic rings. The fraction of sp³-hybridized carbons (Fsp3) is 0.200. The minimum atomic E-state index is 0.457. The number of nitrogens with zero attached hydrogens (tertiary/aromatic N) is 3. The van der Waals surface area contributed by atoms with E-state index in [0.717, 1.165) is 11.9 Å². The fourth-order valence-corrected chi connectivity index (χ4v) is 3.35. The molecule has 0 unspecified atom stereocenters. The normalized spacial score (nSPS) is 10.8. The molecule has 0 aliphatic rings. The minimum absolute atomic E-state index is 0.457. The second kappa shape index (κ2) is 4.99. The van der Waals surface area contributed by atoms with Crippen molar-refractivity contribution < 1.29 is 0 Å². The van der Waals surface area contributed by atoms with E-state index in [9.17, 15) is 0 Å². The number of nitrogen functional groups attached to an aromatic ring is 1. The van der Waals surface area contributed by atoms with Crippen molar-refractivity contribution in [3.05, 3.63) is 45.6 Å². The van der Waals surface area contributed by atoms with Gasteiger partial charge in [-0.2, -0.15) is 5.26 Å². The lowest BCUT2D eigenvalue weighted by molar-refractivity contribution is 0.841. The molecule has 3 rings (SSSR count). The number of rotatable bonds is 3. The van der Waals surface area contributed by atoms with Gasteiger partial charge in [0.1, 0.15) is 11.6 Å². The predicted molar refractivity (Wildman–Crippen MR) is 81.7 cm³/mol. The van der Waals surface area contributed by atoms with Crippen molar-refractivity contribution in [2.24, 2.45) is 0 Å². The molecule has 0 aliphatic carbocycles. The molecule has 0 radical (unpaired) electrons.